The first-order valence-electron chi connectivity index (χ1n) is 10.1. The van der Waals surface area contributed by atoms with Crippen LogP contribution in [0.2, 0.25) is 0 Å². The van der Waals surface area contributed by atoms with E-state index in [4.69, 9.17) is 0 Å². The number of amides is 1. The maximum Gasteiger partial charge on any atom is 0.234 e. The first-order valence-corrected chi connectivity index (χ1v) is 10.9. The number of hydrogen-bond acceptors (Lipinski definition) is 8. The topological polar surface area (TPSA) is 86.3 Å². The Morgan fingerprint density at radius 2 is 1.93 bits per heavy atom. The van der Waals surface area contributed by atoms with Crippen LogP contribution >= 0.6 is 11.3 Å². The number of anilines is 1. The van der Waals surface area contributed by atoms with Gasteiger partial charge in [-0.05, 0) is 18.9 Å². The van der Waals surface area contributed by atoms with Crippen LogP contribution in [0, 0.1) is 5.92 Å². The second kappa shape index (κ2) is 10.1. The van der Waals surface area contributed by atoms with Crippen LogP contribution in [0.3, 0.4) is 0 Å². The number of nitrogens with zero attached hydrogens (tertiary/aromatic N) is 5. The summed E-state index contributed by atoms with van der Waals surface area (Å²) in [6, 6.07) is 0.0491. The van der Waals surface area contributed by atoms with Gasteiger partial charge in [0.15, 0.2) is 5.82 Å². The predicted octanol–water partition coefficient (Wildman–Crippen LogP) is 1.67. The van der Waals surface area contributed by atoms with Gasteiger partial charge in [0.25, 0.3) is 0 Å². The van der Waals surface area contributed by atoms with Crippen molar-refractivity contribution in [2.75, 3.05) is 51.1 Å². The van der Waals surface area contributed by atoms with Crippen molar-refractivity contribution in [1.29, 1.82) is 0 Å². The number of piperazine rings is 1. The average Bonchev–Trinajstić information content (AvgIpc) is 3.15. The van der Waals surface area contributed by atoms with Gasteiger partial charge in [0.05, 0.1) is 12.1 Å². The fraction of sp³-hybridized carbons (Fsp3) is 0.684. The van der Waals surface area contributed by atoms with Gasteiger partial charge in [-0.1, -0.05) is 20.8 Å². The molecular weight excluding hydrogens is 374 g/mol. The monoisotopic (exact) mass is 405 g/mol. The lowest BCUT2D eigenvalue weighted by Crippen LogP contribution is -2.51. The number of thiazole rings is 1. The number of aromatic nitrogens is 3. The largest absolute Gasteiger partial charge is 0.366 e. The van der Waals surface area contributed by atoms with Crippen LogP contribution in [-0.4, -0.2) is 82.5 Å². The summed E-state index contributed by atoms with van der Waals surface area (Å²) in [6.45, 7) is 12.7. The van der Waals surface area contributed by atoms with Gasteiger partial charge in [-0.15, -0.1) is 11.3 Å². The molecule has 2 N–H and O–H groups in total. The predicted molar refractivity (Wildman–Crippen MR) is 114 cm³/mol. The fourth-order valence-electron chi connectivity index (χ4n) is 3.55. The summed E-state index contributed by atoms with van der Waals surface area (Å²) in [5, 5.41) is 6.57. The molecule has 1 unspecified atom stereocenters. The first kappa shape index (κ1) is 20.9. The Morgan fingerprint density at radius 1 is 1.18 bits per heavy atom. The molecule has 0 radical (unpaired) electrons. The first-order chi connectivity index (χ1) is 13.5. The Hall–Kier alpha value is -1.84. The van der Waals surface area contributed by atoms with E-state index in [9.17, 15) is 4.79 Å². The van der Waals surface area contributed by atoms with E-state index in [-0.39, 0.29) is 11.9 Å². The van der Waals surface area contributed by atoms with Crippen molar-refractivity contribution in [3.63, 3.8) is 0 Å². The number of likely N-dealkylation sites (N-methyl/N-ethyl adjacent to an activating group) is 1. The SMILES string of the molecule is CCN1CCN(CC(=O)NC(CNc2ncnc3scnc23)CC(C)C)CC1. The van der Waals surface area contributed by atoms with Crippen LogP contribution < -0.4 is 10.6 Å². The lowest BCUT2D eigenvalue weighted by Gasteiger charge is -2.34. The zero-order valence-electron chi connectivity index (χ0n) is 17.0. The molecule has 0 bridgehead atoms. The highest BCUT2D eigenvalue weighted by Crippen LogP contribution is 2.20. The van der Waals surface area contributed by atoms with Crippen LogP contribution in [0.5, 0.6) is 0 Å². The molecule has 1 amide bonds. The normalized spacial score (nSPS) is 17.1. The molecule has 1 saturated heterocycles. The minimum Gasteiger partial charge on any atom is -0.366 e. The lowest BCUT2D eigenvalue weighted by molar-refractivity contribution is -0.123. The second-order valence-electron chi connectivity index (χ2n) is 7.71. The summed E-state index contributed by atoms with van der Waals surface area (Å²) < 4.78 is 0. The third-order valence-corrected chi connectivity index (χ3v) is 5.78. The van der Waals surface area contributed by atoms with Crippen LogP contribution in [0.15, 0.2) is 11.8 Å². The van der Waals surface area contributed by atoms with E-state index in [0.717, 1.165) is 55.3 Å². The van der Waals surface area contributed by atoms with Gasteiger partial charge < -0.3 is 15.5 Å². The quantitative estimate of drug-likeness (QED) is 0.656. The molecule has 28 heavy (non-hydrogen) atoms. The molecule has 9 heteroatoms. The molecular formula is C19H31N7OS. The number of rotatable bonds is 9. The van der Waals surface area contributed by atoms with E-state index in [1.165, 1.54) is 11.3 Å². The molecule has 8 nitrogen and oxygen atoms in total. The Labute approximate surface area is 170 Å². The number of carbonyl (C=O) groups excluding carboxylic acids is 1. The molecule has 2 aromatic rings. The summed E-state index contributed by atoms with van der Waals surface area (Å²) in [5.74, 6) is 1.31. The van der Waals surface area contributed by atoms with Crippen molar-refractivity contribution in [2.45, 2.75) is 33.2 Å². The molecule has 1 atom stereocenters. The van der Waals surface area contributed by atoms with Gasteiger partial charge >= 0.3 is 0 Å². The molecule has 1 aliphatic rings. The van der Waals surface area contributed by atoms with Gasteiger partial charge in [0, 0.05) is 38.8 Å². The maximum atomic E-state index is 12.6. The van der Waals surface area contributed by atoms with Gasteiger partial charge in [0.1, 0.15) is 16.7 Å². The third-order valence-electron chi connectivity index (χ3n) is 5.05. The standard InChI is InChI=1S/C19H31N7OS/c1-4-25-5-7-26(8-6-25)11-16(27)24-15(9-14(2)3)10-20-18-17-19(22-12-21-18)28-13-23-17/h12-15H,4-11H2,1-3H3,(H,24,27)(H,20,21,22). The van der Waals surface area contributed by atoms with E-state index >= 15 is 0 Å². The zero-order chi connectivity index (χ0) is 19.9. The highest BCUT2D eigenvalue weighted by Gasteiger charge is 2.20. The molecule has 154 valence electrons. The van der Waals surface area contributed by atoms with Gasteiger partial charge in [-0.2, -0.15) is 0 Å². The molecule has 0 aromatic carbocycles. The van der Waals surface area contributed by atoms with E-state index in [1.54, 1.807) is 11.8 Å². The van der Waals surface area contributed by atoms with Crippen LogP contribution in [-0.2, 0) is 4.79 Å². The zero-order valence-corrected chi connectivity index (χ0v) is 17.8. The van der Waals surface area contributed by atoms with Crippen molar-refractivity contribution in [3.8, 4) is 0 Å². The van der Waals surface area contributed by atoms with Crippen molar-refractivity contribution >= 4 is 33.4 Å². The van der Waals surface area contributed by atoms with Gasteiger partial charge in [-0.3, -0.25) is 9.69 Å². The van der Waals surface area contributed by atoms with Gasteiger partial charge in [0.2, 0.25) is 5.91 Å². The van der Waals surface area contributed by atoms with Crippen molar-refractivity contribution in [2.24, 2.45) is 5.92 Å². The molecule has 0 saturated carbocycles. The minimum atomic E-state index is 0.0491. The summed E-state index contributed by atoms with van der Waals surface area (Å²) in [7, 11) is 0. The molecule has 1 fully saturated rings. The highest BCUT2D eigenvalue weighted by atomic mass is 32.1. The number of hydrogen-bond donors (Lipinski definition) is 2. The average molecular weight is 406 g/mol. The Balaban J connectivity index is 1.53. The molecule has 3 heterocycles. The van der Waals surface area contributed by atoms with Gasteiger partial charge in [-0.25, -0.2) is 15.0 Å². The Bertz CT molecular complexity index is 758. The third kappa shape index (κ3) is 5.83. The number of carbonyl (C=O) groups is 1. The van der Waals surface area contributed by atoms with Crippen molar-refractivity contribution in [3.05, 3.63) is 11.8 Å². The molecule has 0 aliphatic carbocycles. The summed E-state index contributed by atoms with van der Waals surface area (Å²) >= 11 is 1.50. The molecule has 1 aliphatic heterocycles. The fourth-order valence-corrected chi connectivity index (χ4v) is 4.17. The number of nitrogens with one attached hydrogen (secondary N) is 2. The second-order valence-corrected chi connectivity index (χ2v) is 8.55. The Kier molecular flexibility index (Phi) is 7.52. The summed E-state index contributed by atoms with van der Waals surface area (Å²) in [4.78, 5) is 31.0. The van der Waals surface area contributed by atoms with Crippen molar-refractivity contribution < 1.29 is 4.79 Å². The van der Waals surface area contributed by atoms with Crippen LogP contribution in [0.4, 0.5) is 5.82 Å². The smallest absolute Gasteiger partial charge is 0.234 e. The van der Waals surface area contributed by atoms with Crippen molar-refractivity contribution in [1.82, 2.24) is 30.1 Å². The molecule has 2 aromatic heterocycles. The van der Waals surface area contributed by atoms with E-state index in [2.05, 4.69) is 56.2 Å². The van der Waals surface area contributed by atoms with E-state index < -0.39 is 0 Å². The lowest BCUT2D eigenvalue weighted by atomic mass is 10.0. The maximum absolute atomic E-state index is 12.6. The van der Waals surface area contributed by atoms with Crippen LogP contribution in [0.25, 0.3) is 10.3 Å². The Morgan fingerprint density at radius 3 is 2.64 bits per heavy atom. The number of fused-ring (bicyclic) bond motifs is 1. The van der Waals surface area contributed by atoms with Crippen LogP contribution in [0.1, 0.15) is 27.2 Å². The summed E-state index contributed by atoms with van der Waals surface area (Å²) in [5.41, 5.74) is 2.56. The minimum absolute atomic E-state index is 0.0491. The van der Waals surface area contributed by atoms with E-state index in [0.29, 0.717) is 19.0 Å². The van der Waals surface area contributed by atoms with E-state index in [1.807, 2.05) is 0 Å². The highest BCUT2D eigenvalue weighted by molar-refractivity contribution is 7.16. The summed E-state index contributed by atoms with van der Waals surface area (Å²) in [6.07, 6.45) is 2.46. The molecule has 0 spiro atoms. The molecule has 3 rings (SSSR count).